The van der Waals surface area contributed by atoms with Crippen LogP contribution in [0, 0.1) is 0 Å². The Morgan fingerprint density at radius 3 is 2.89 bits per heavy atom. The van der Waals surface area contributed by atoms with Crippen molar-refractivity contribution in [3.05, 3.63) is 11.6 Å². The Balaban J connectivity index is 2.19. The number of ether oxygens (including phenoxy) is 1. The highest BCUT2D eigenvalue weighted by Gasteiger charge is 2.42. The van der Waals surface area contributed by atoms with E-state index < -0.39 is 17.8 Å². The largest absolute Gasteiger partial charge is 0.437 e. The van der Waals surface area contributed by atoms with E-state index in [0.29, 0.717) is 17.8 Å². The van der Waals surface area contributed by atoms with Crippen LogP contribution >= 0.6 is 0 Å². The molecule has 0 spiro atoms. The number of amides is 1. The minimum Gasteiger partial charge on any atom is -0.437 e. The van der Waals surface area contributed by atoms with E-state index in [1.807, 2.05) is 13.8 Å². The zero-order chi connectivity index (χ0) is 14.2. The van der Waals surface area contributed by atoms with Gasteiger partial charge < -0.3 is 9.57 Å². The molecule has 104 valence electrons. The minimum absolute atomic E-state index is 0.230. The molecule has 0 saturated carbocycles. The zero-order valence-corrected chi connectivity index (χ0v) is 11.6. The number of rotatable bonds is 2. The fourth-order valence-electron chi connectivity index (χ4n) is 2.10. The number of hydrogen-bond acceptors (Lipinski definition) is 5. The van der Waals surface area contributed by atoms with Crippen molar-refractivity contribution in [3.63, 3.8) is 0 Å². The van der Waals surface area contributed by atoms with Gasteiger partial charge in [-0.2, -0.15) is 0 Å². The van der Waals surface area contributed by atoms with Crippen LogP contribution in [0.3, 0.4) is 0 Å². The predicted molar refractivity (Wildman–Crippen MR) is 68.0 cm³/mol. The Kier molecular flexibility index (Phi) is 3.34. The normalized spacial score (nSPS) is 30.0. The number of carbonyl (C=O) groups excluding carboxylic acids is 2. The fourth-order valence-corrected chi connectivity index (χ4v) is 2.10. The predicted octanol–water partition coefficient (Wildman–Crippen LogP) is 1.57. The number of amidine groups is 1. The Hall–Kier alpha value is -1.85. The monoisotopic (exact) mass is 266 g/mol. The summed E-state index contributed by atoms with van der Waals surface area (Å²) in [6.45, 7) is 7.00. The van der Waals surface area contributed by atoms with Gasteiger partial charge in [0.2, 0.25) is 6.23 Å². The second-order valence-corrected chi connectivity index (χ2v) is 5.14. The maximum Gasteiger partial charge on any atom is 0.304 e. The number of esters is 1. The molecule has 0 N–H and O–H groups in total. The van der Waals surface area contributed by atoms with E-state index in [2.05, 4.69) is 5.16 Å². The van der Waals surface area contributed by atoms with Gasteiger partial charge in [-0.1, -0.05) is 12.1 Å². The van der Waals surface area contributed by atoms with Gasteiger partial charge in [0, 0.05) is 13.0 Å². The Morgan fingerprint density at radius 1 is 1.68 bits per heavy atom. The van der Waals surface area contributed by atoms with Crippen LogP contribution in [-0.2, 0) is 19.2 Å². The molecule has 0 saturated heterocycles. The molecule has 6 nitrogen and oxygen atoms in total. The van der Waals surface area contributed by atoms with Crippen molar-refractivity contribution in [2.45, 2.75) is 52.4 Å². The van der Waals surface area contributed by atoms with Gasteiger partial charge in [-0.25, -0.2) is 0 Å². The van der Waals surface area contributed by atoms with E-state index in [1.165, 1.54) is 17.9 Å². The summed E-state index contributed by atoms with van der Waals surface area (Å²) in [5, 5.41) is 3.98. The van der Waals surface area contributed by atoms with E-state index in [9.17, 15) is 9.59 Å². The van der Waals surface area contributed by atoms with Crippen molar-refractivity contribution in [1.29, 1.82) is 0 Å². The molecule has 0 aromatic heterocycles. The van der Waals surface area contributed by atoms with Crippen LogP contribution in [0.15, 0.2) is 16.8 Å². The Labute approximate surface area is 112 Å². The van der Waals surface area contributed by atoms with Gasteiger partial charge in [-0.15, -0.1) is 0 Å². The molecule has 0 fully saturated rings. The van der Waals surface area contributed by atoms with Crippen molar-refractivity contribution in [2.24, 2.45) is 5.16 Å². The van der Waals surface area contributed by atoms with Gasteiger partial charge in [0.05, 0.1) is 6.42 Å². The highest BCUT2D eigenvalue weighted by molar-refractivity contribution is 6.06. The van der Waals surface area contributed by atoms with E-state index in [-0.39, 0.29) is 5.91 Å². The first-order valence-electron chi connectivity index (χ1n) is 6.30. The Bertz CT molecular complexity index is 483. The minimum atomic E-state index is -0.702. The molecule has 0 bridgehead atoms. The Morgan fingerprint density at radius 2 is 2.37 bits per heavy atom. The number of carbonyl (C=O) groups is 2. The third-order valence-corrected chi connectivity index (χ3v) is 3.42. The van der Waals surface area contributed by atoms with Crippen molar-refractivity contribution in [1.82, 2.24) is 4.90 Å². The molecule has 2 heterocycles. The van der Waals surface area contributed by atoms with Crippen LogP contribution in [-0.4, -0.2) is 34.4 Å². The molecular weight excluding hydrogens is 248 g/mol. The van der Waals surface area contributed by atoms with Crippen LogP contribution in [0.2, 0.25) is 0 Å². The van der Waals surface area contributed by atoms with Gasteiger partial charge >= 0.3 is 5.97 Å². The highest BCUT2D eigenvalue weighted by Crippen LogP contribution is 2.31. The summed E-state index contributed by atoms with van der Waals surface area (Å²) in [4.78, 5) is 29.9. The summed E-state index contributed by atoms with van der Waals surface area (Å²) in [5.74, 6) is -0.157. The first-order valence-corrected chi connectivity index (χ1v) is 6.30. The molecule has 2 aliphatic rings. The summed E-state index contributed by atoms with van der Waals surface area (Å²) in [6.07, 6.45) is 2.06. The molecule has 2 atom stereocenters. The van der Waals surface area contributed by atoms with E-state index >= 15 is 0 Å². The van der Waals surface area contributed by atoms with Crippen LogP contribution in [0.5, 0.6) is 0 Å². The first kappa shape index (κ1) is 13.6. The highest BCUT2D eigenvalue weighted by atomic mass is 16.7. The lowest BCUT2D eigenvalue weighted by molar-refractivity contribution is -0.151. The molecule has 2 unspecified atom stereocenters. The molecule has 0 radical (unpaired) electrons. The SMILES string of the molecule is CCC1(C)CC(N2C(=O)C=C(C)C2OC(C)=O)=NO1. The topological polar surface area (TPSA) is 68.2 Å². The van der Waals surface area contributed by atoms with E-state index in [1.54, 1.807) is 6.92 Å². The molecule has 0 aliphatic carbocycles. The number of hydrogen-bond donors (Lipinski definition) is 0. The average molecular weight is 266 g/mol. The molecule has 6 heteroatoms. The average Bonchev–Trinajstić information content (AvgIpc) is 2.82. The summed E-state index contributed by atoms with van der Waals surface area (Å²) < 4.78 is 5.18. The van der Waals surface area contributed by atoms with Gasteiger partial charge in [0.25, 0.3) is 5.91 Å². The molecule has 2 rings (SSSR count). The smallest absolute Gasteiger partial charge is 0.304 e. The number of oxime groups is 1. The number of nitrogens with zero attached hydrogens (tertiary/aromatic N) is 2. The van der Waals surface area contributed by atoms with Gasteiger partial charge in [0.15, 0.2) is 5.84 Å². The lowest BCUT2D eigenvalue weighted by Gasteiger charge is -2.25. The van der Waals surface area contributed by atoms with Crippen LogP contribution in [0.1, 0.15) is 40.5 Å². The van der Waals surface area contributed by atoms with E-state index in [4.69, 9.17) is 9.57 Å². The van der Waals surface area contributed by atoms with Gasteiger partial charge in [-0.3, -0.25) is 14.5 Å². The third-order valence-electron chi connectivity index (χ3n) is 3.42. The zero-order valence-electron chi connectivity index (χ0n) is 11.6. The second kappa shape index (κ2) is 4.68. The molecule has 1 amide bonds. The summed E-state index contributed by atoms with van der Waals surface area (Å²) in [7, 11) is 0. The van der Waals surface area contributed by atoms with Crippen LogP contribution in [0.25, 0.3) is 0 Å². The quantitative estimate of drug-likeness (QED) is 0.711. The fraction of sp³-hybridized carbons (Fsp3) is 0.615. The third kappa shape index (κ3) is 2.47. The first-order chi connectivity index (χ1) is 8.86. The lowest BCUT2D eigenvalue weighted by atomic mass is 9.99. The second-order valence-electron chi connectivity index (χ2n) is 5.14. The summed E-state index contributed by atoms with van der Waals surface area (Å²) in [5.41, 5.74) is 0.292. The molecule has 0 aromatic carbocycles. The van der Waals surface area contributed by atoms with Crippen LogP contribution < -0.4 is 0 Å². The van der Waals surface area contributed by atoms with Gasteiger partial charge in [0.1, 0.15) is 5.60 Å². The summed E-state index contributed by atoms with van der Waals surface area (Å²) >= 11 is 0. The van der Waals surface area contributed by atoms with Crippen molar-refractivity contribution in [3.8, 4) is 0 Å². The summed E-state index contributed by atoms with van der Waals surface area (Å²) in [6, 6.07) is 0. The van der Waals surface area contributed by atoms with Crippen molar-refractivity contribution >= 4 is 17.7 Å². The lowest BCUT2D eigenvalue weighted by Crippen LogP contribution is -2.43. The van der Waals surface area contributed by atoms with Crippen LogP contribution in [0.4, 0.5) is 0 Å². The van der Waals surface area contributed by atoms with Crippen molar-refractivity contribution in [2.75, 3.05) is 0 Å². The molecule has 19 heavy (non-hydrogen) atoms. The standard InChI is InChI=1S/C13H18N2O4/c1-5-13(4)7-10(14-19-13)15-11(17)6-8(2)12(15)18-9(3)16/h6,12H,5,7H2,1-4H3. The van der Waals surface area contributed by atoms with E-state index in [0.717, 1.165) is 6.42 Å². The maximum atomic E-state index is 12.0. The van der Waals surface area contributed by atoms with Gasteiger partial charge in [-0.05, 0) is 25.8 Å². The molecule has 2 aliphatic heterocycles. The molecule has 0 aromatic rings. The maximum absolute atomic E-state index is 12.0. The molecular formula is C13H18N2O4. The van der Waals surface area contributed by atoms with Crippen molar-refractivity contribution < 1.29 is 19.2 Å².